The minimum absolute atomic E-state index is 0.175. The molecule has 1 amide bonds. The van der Waals surface area contributed by atoms with Gasteiger partial charge in [-0.05, 0) is 55.7 Å². The smallest absolute Gasteiger partial charge is 0.248 e. The Labute approximate surface area is 155 Å². The summed E-state index contributed by atoms with van der Waals surface area (Å²) < 4.78 is 10.9. The Morgan fingerprint density at radius 2 is 1.81 bits per heavy atom. The summed E-state index contributed by atoms with van der Waals surface area (Å²) in [6, 6.07) is 9.62. The van der Waals surface area contributed by atoms with E-state index in [0.717, 1.165) is 22.4 Å². The number of nitrogens with one attached hydrogen (secondary N) is 1. The van der Waals surface area contributed by atoms with Gasteiger partial charge in [-0.25, -0.2) is 0 Å². The monoisotopic (exact) mass is 351 g/mol. The molecule has 4 nitrogen and oxygen atoms in total. The summed E-state index contributed by atoms with van der Waals surface area (Å²) in [5, 5.41) is 2.95. The van der Waals surface area contributed by atoms with E-state index in [9.17, 15) is 4.79 Å². The van der Waals surface area contributed by atoms with Gasteiger partial charge in [0.25, 0.3) is 0 Å². The van der Waals surface area contributed by atoms with E-state index in [1.165, 1.54) is 11.6 Å². The molecule has 136 valence electrons. The summed E-state index contributed by atoms with van der Waals surface area (Å²) in [5.41, 5.74) is 4.99. The first-order valence-corrected chi connectivity index (χ1v) is 8.43. The lowest BCUT2D eigenvalue weighted by molar-refractivity contribution is -0.111. The second-order valence-corrected chi connectivity index (χ2v) is 6.11. The van der Waals surface area contributed by atoms with Crippen LogP contribution in [0.2, 0.25) is 0 Å². The summed E-state index contributed by atoms with van der Waals surface area (Å²) in [4.78, 5) is 12.3. The standard InChI is InChI=1S/C22H25NO3/c1-6-11-26-19-9-7-18(14-20(19)25-5)8-10-21(24)23-22-16(3)12-15(2)13-17(22)4/h6-10,12-14H,1,11H2,2-5H3,(H,23,24)/b10-8+. The quantitative estimate of drug-likeness (QED) is 0.574. The highest BCUT2D eigenvalue weighted by Gasteiger charge is 2.07. The van der Waals surface area contributed by atoms with Gasteiger partial charge < -0.3 is 14.8 Å². The number of methoxy groups -OCH3 is 1. The van der Waals surface area contributed by atoms with Crippen LogP contribution in [0.15, 0.2) is 49.1 Å². The van der Waals surface area contributed by atoms with Crippen molar-refractivity contribution in [3.63, 3.8) is 0 Å². The van der Waals surface area contributed by atoms with Gasteiger partial charge in [0, 0.05) is 11.8 Å². The van der Waals surface area contributed by atoms with Gasteiger partial charge in [-0.2, -0.15) is 0 Å². The molecule has 0 heterocycles. The topological polar surface area (TPSA) is 47.6 Å². The van der Waals surface area contributed by atoms with E-state index in [4.69, 9.17) is 9.47 Å². The average molecular weight is 351 g/mol. The summed E-state index contributed by atoms with van der Waals surface area (Å²) in [7, 11) is 1.58. The Bertz CT molecular complexity index is 814. The maximum absolute atomic E-state index is 12.3. The first-order chi connectivity index (χ1) is 12.4. The molecule has 4 heteroatoms. The van der Waals surface area contributed by atoms with E-state index in [2.05, 4.69) is 24.0 Å². The number of hydrogen-bond acceptors (Lipinski definition) is 3. The average Bonchev–Trinajstić information content (AvgIpc) is 2.61. The molecule has 0 saturated heterocycles. The number of benzene rings is 2. The van der Waals surface area contributed by atoms with Crippen molar-refractivity contribution in [1.82, 2.24) is 0 Å². The van der Waals surface area contributed by atoms with Crippen molar-refractivity contribution in [3.8, 4) is 11.5 Å². The molecule has 0 aromatic heterocycles. The molecule has 0 atom stereocenters. The third-order valence-corrected chi connectivity index (χ3v) is 3.90. The van der Waals surface area contributed by atoms with Crippen LogP contribution in [-0.4, -0.2) is 19.6 Å². The lowest BCUT2D eigenvalue weighted by Gasteiger charge is -2.11. The van der Waals surface area contributed by atoms with Crippen LogP contribution < -0.4 is 14.8 Å². The maximum Gasteiger partial charge on any atom is 0.248 e. The van der Waals surface area contributed by atoms with E-state index < -0.39 is 0 Å². The van der Waals surface area contributed by atoms with Crippen molar-refractivity contribution in [2.24, 2.45) is 0 Å². The van der Waals surface area contributed by atoms with Crippen molar-refractivity contribution in [2.45, 2.75) is 20.8 Å². The van der Waals surface area contributed by atoms with Crippen molar-refractivity contribution in [1.29, 1.82) is 0 Å². The lowest BCUT2D eigenvalue weighted by Crippen LogP contribution is -2.10. The van der Waals surface area contributed by atoms with E-state index >= 15 is 0 Å². The van der Waals surface area contributed by atoms with Gasteiger partial charge in [0.05, 0.1) is 7.11 Å². The van der Waals surface area contributed by atoms with Gasteiger partial charge in [-0.1, -0.05) is 36.4 Å². The van der Waals surface area contributed by atoms with Crippen molar-refractivity contribution < 1.29 is 14.3 Å². The minimum atomic E-state index is -0.175. The number of rotatable bonds is 7. The Kier molecular flexibility index (Phi) is 6.61. The summed E-state index contributed by atoms with van der Waals surface area (Å²) in [5.74, 6) is 1.07. The SMILES string of the molecule is C=CCOc1ccc(/C=C/C(=O)Nc2c(C)cc(C)cc2C)cc1OC. The maximum atomic E-state index is 12.3. The Balaban J connectivity index is 2.12. The zero-order valence-corrected chi connectivity index (χ0v) is 15.8. The molecule has 0 bridgehead atoms. The van der Waals surface area contributed by atoms with Crippen LogP contribution in [0, 0.1) is 20.8 Å². The Hall–Kier alpha value is -3.01. The molecule has 0 unspecified atom stereocenters. The molecule has 2 aromatic carbocycles. The van der Waals surface area contributed by atoms with Crippen LogP contribution >= 0.6 is 0 Å². The fourth-order valence-electron chi connectivity index (χ4n) is 2.77. The molecule has 1 N–H and O–H groups in total. The van der Waals surface area contributed by atoms with Gasteiger partial charge in [-0.3, -0.25) is 4.79 Å². The van der Waals surface area contributed by atoms with E-state index in [0.29, 0.717) is 18.1 Å². The predicted molar refractivity (Wildman–Crippen MR) is 107 cm³/mol. The third kappa shape index (κ3) is 4.99. The number of aryl methyl sites for hydroxylation is 3. The van der Waals surface area contributed by atoms with Crippen LogP contribution in [0.3, 0.4) is 0 Å². The number of ether oxygens (including phenoxy) is 2. The molecule has 2 rings (SSSR count). The lowest BCUT2D eigenvalue weighted by atomic mass is 10.1. The van der Waals surface area contributed by atoms with E-state index in [1.54, 1.807) is 19.3 Å². The molecule has 0 aliphatic carbocycles. The summed E-state index contributed by atoms with van der Waals surface area (Å²) >= 11 is 0. The van der Waals surface area contributed by atoms with Gasteiger partial charge in [-0.15, -0.1) is 0 Å². The molecular weight excluding hydrogens is 326 g/mol. The number of hydrogen-bond donors (Lipinski definition) is 1. The fourth-order valence-corrected chi connectivity index (χ4v) is 2.77. The Morgan fingerprint density at radius 3 is 2.42 bits per heavy atom. The van der Waals surface area contributed by atoms with Crippen molar-refractivity contribution >= 4 is 17.7 Å². The van der Waals surface area contributed by atoms with Crippen LogP contribution in [0.4, 0.5) is 5.69 Å². The number of carbonyl (C=O) groups excluding carboxylic acids is 1. The number of carbonyl (C=O) groups is 1. The highest BCUT2D eigenvalue weighted by Crippen LogP contribution is 2.28. The first-order valence-electron chi connectivity index (χ1n) is 8.43. The highest BCUT2D eigenvalue weighted by atomic mass is 16.5. The molecular formula is C22H25NO3. The predicted octanol–water partition coefficient (Wildman–Crippen LogP) is 4.84. The van der Waals surface area contributed by atoms with E-state index in [1.807, 2.05) is 39.0 Å². The van der Waals surface area contributed by atoms with Gasteiger partial charge >= 0.3 is 0 Å². The highest BCUT2D eigenvalue weighted by molar-refractivity contribution is 6.02. The Morgan fingerprint density at radius 1 is 1.12 bits per heavy atom. The molecule has 0 fully saturated rings. The van der Waals surface area contributed by atoms with Crippen LogP contribution in [0.25, 0.3) is 6.08 Å². The van der Waals surface area contributed by atoms with Crippen molar-refractivity contribution in [3.05, 3.63) is 71.3 Å². The zero-order chi connectivity index (χ0) is 19.1. The van der Waals surface area contributed by atoms with E-state index in [-0.39, 0.29) is 5.91 Å². The summed E-state index contributed by atoms with van der Waals surface area (Å²) in [6.07, 6.45) is 4.93. The molecule has 0 spiro atoms. The number of anilines is 1. The molecule has 2 aromatic rings. The second-order valence-electron chi connectivity index (χ2n) is 6.11. The number of amides is 1. The fraction of sp³-hybridized carbons (Fsp3) is 0.227. The van der Waals surface area contributed by atoms with Crippen LogP contribution in [0.5, 0.6) is 11.5 Å². The molecule has 0 radical (unpaired) electrons. The first kappa shape index (κ1) is 19.3. The summed E-state index contributed by atoms with van der Waals surface area (Å²) in [6.45, 7) is 10.1. The normalized spacial score (nSPS) is 10.6. The van der Waals surface area contributed by atoms with Crippen molar-refractivity contribution in [2.75, 3.05) is 19.0 Å². The van der Waals surface area contributed by atoms with Crippen LogP contribution in [-0.2, 0) is 4.79 Å². The molecule has 26 heavy (non-hydrogen) atoms. The van der Waals surface area contributed by atoms with Gasteiger partial charge in [0.2, 0.25) is 5.91 Å². The largest absolute Gasteiger partial charge is 0.493 e. The van der Waals surface area contributed by atoms with Gasteiger partial charge in [0.15, 0.2) is 11.5 Å². The van der Waals surface area contributed by atoms with Crippen LogP contribution in [0.1, 0.15) is 22.3 Å². The van der Waals surface area contributed by atoms with Gasteiger partial charge in [0.1, 0.15) is 6.61 Å². The minimum Gasteiger partial charge on any atom is -0.493 e. The second kappa shape index (κ2) is 8.90. The molecule has 0 saturated carbocycles. The zero-order valence-electron chi connectivity index (χ0n) is 15.8. The third-order valence-electron chi connectivity index (χ3n) is 3.90. The molecule has 0 aliphatic rings. The molecule has 0 aliphatic heterocycles.